The smallest absolute Gasteiger partial charge is 0.328 e. The molecule has 0 saturated carbocycles. The van der Waals surface area contributed by atoms with E-state index < -0.39 is 24.6 Å². The largest absolute Gasteiger partial charge is 0.480 e. The van der Waals surface area contributed by atoms with Gasteiger partial charge in [0.25, 0.3) is 0 Å². The number of aliphatic hydroxyl groups is 1. The molecule has 0 aliphatic carbocycles. The molecule has 1 aliphatic rings. The van der Waals surface area contributed by atoms with E-state index in [0.717, 1.165) is 13.1 Å². The Morgan fingerprint density at radius 1 is 1.31 bits per heavy atom. The molecule has 7 heteroatoms. The zero-order valence-electron chi connectivity index (χ0n) is 9.22. The molecule has 3 N–H and O–H groups in total. The number of carbonyl (C=O) groups is 2. The van der Waals surface area contributed by atoms with E-state index in [2.05, 4.69) is 10.2 Å². The number of carboxylic acid groups (broad SMARTS) is 1. The number of hydrogen-bond acceptors (Lipinski definition) is 4. The SMILES string of the molecule is CN1CCN(C(=O)N[C@H](CO)C(=O)O)CC1. The average molecular weight is 231 g/mol. The number of likely N-dealkylation sites (N-methyl/N-ethyl adjacent to an activating group) is 1. The molecule has 1 rings (SSSR count). The predicted octanol–water partition coefficient (Wildman–Crippen LogP) is -1.61. The van der Waals surface area contributed by atoms with Gasteiger partial charge in [0.15, 0.2) is 6.04 Å². The number of carboxylic acids is 1. The molecule has 16 heavy (non-hydrogen) atoms. The summed E-state index contributed by atoms with van der Waals surface area (Å²) in [4.78, 5) is 25.8. The molecule has 92 valence electrons. The van der Waals surface area contributed by atoms with Crippen LogP contribution >= 0.6 is 0 Å². The minimum atomic E-state index is -1.23. The normalized spacial score (nSPS) is 19.2. The molecule has 0 aromatic rings. The van der Waals surface area contributed by atoms with E-state index >= 15 is 0 Å². The van der Waals surface area contributed by atoms with Crippen LogP contribution in [0.25, 0.3) is 0 Å². The molecule has 1 heterocycles. The van der Waals surface area contributed by atoms with Gasteiger partial charge in [-0.1, -0.05) is 0 Å². The van der Waals surface area contributed by atoms with Gasteiger partial charge in [0, 0.05) is 26.2 Å². The Morgan fingerprint density at radius 3 is 2.31 bits per heavy atom. The minimum Gasteiger partial charge on any atom is -0.480 e. The third-order valence-corrected chi connectivity index (χ3v) is 2.57. The van der Waals surface area contributed by atoms with E-state index in [9.17, 15) is 9.59 Å². The maximum absolute atomic E-state index is 11.6. The fourth-order valence-corrected chi connectivity index (χ4v) is 1.44. The van der Waals surface area contributed by atoms with Crippen LogP contribution < -0.4 is 5.32 Å². The zero-order chi connectivity index (χ0) is 12.1. The van der Waals surface area contributed by atoms with E-state index in [1.165, 1.54) is 0 Å². The molecule has 0 bridgehead atoms. The number of nitrogens with one attached hydrogen (secondary N) is 1. The first-order valence-electron chi connectivity index (χ1n) is 5.12. The second-order valence-electron chi connectivity index (χ2n) is 3.81. The lowest BCUT2D eigenvalue weighted by atomic mass is 10.3. The quantitative estimate of drug-likeness (QED) is 0.543. The molecule has 0 unspecified atom stereocenters. The lowest BCUT2D eigenvalue weighted by Gasteiger charge is -2.32. The monoisotopic (exact) mass is 231 g/mol. The first-order valence-corrected chi connectivity index (χ1v) is 5.12. The summed E-state index contributed by atoms with van der Waals surface area (Å²) < 4.78 is 0. The third-order valence-electron chi connectivity index (χ3n) is 2.57. The van der Waals surface area contributed by atoms with Crippen molar-refractivity contribution in [1.29, 1.82) is 0 Å². The second-order valence-corrected chi connectivity index (χ2v) is 3.81. The first kappa shape index (κ1) is 12.7. The van der Waals surface area contributed by atoms with Crippen LogP contribution in [0.2, 0.25) is 0 Å². The summed E-state index contributed by atoms with van der Waals surface area (Å²) in [5.41, 5.74) is 0. The fraction of sp³-hybridized carbons (Fsp3) is 0.778. The Bertz CT molecular complexity index is 263. The molecule has 1 atom stereocenters. The van der Waals surface area contributed by atoms with Gasteiger partial charge in [-0.25, -0.2) is 9.59 Å². The van der Waals surface area contributed by atoms with Crippen molar-refractivity contribution in [2.45, 2.75) is 6.04 Å². The summed E-state index contributed by atoms with van der Waals surface area (Å²) in [6.07, 6.45) is 0. The Kier molecular flexibility index (Phi) is 4.51. The van der Waals surface area contributed by atoms with E-state index in [1.54, 1.807) is 4.90 Å². The van der Waals surface area contributed by atoms with Gasteiger partial charge in [0.1, 0.15) is 0 Å². The number of hydrogen-bond donors (Lipinski definition) is 3. The van der Waals surface area contributed by atoms with Crippen molar-refractivity contribution in [2.75, 3.05) is 39.8 Å². The van der Waals surface area contributed by atoms with Crippen LogP contribution in [0.5, 0.6) is 0 Å². The third kappa shape index (κ3) is 3.35. The van der Waals surface area contributed by atoms with Crippen LogP contribution in [-0.4, -0.2) is 77.9 Å². The number of amides is 2. The summed E-state index contributed by atoms with van der Waals surface area (Å²) in [6, 6.07) is -1.67. The van der Waals surface area contributed by atoms with Crippen LogP contribution in [-0.2, 0) is 4.79 Å². The van der Waals surface area contributed by atoms with Crippen molar-refractivity contribution in [2.24, 2.45) is 0 Å². The van der Waals surface area contributed by atoms with Crippen LogP contribution in [0.15, 0.2) is 0 Å². The highest BCUT2D eigenvalue weighted by Crippen LogP contribution is 1.99. The zero-order valence-corrected chi connectivity index (χ0v) is 9.22. The number of carbonyl (C=O) groups excluding carboxylic acids is 1. The number of aliphatic hydroxyl groups excluding tert-OH is 1. The molecular formula is C9H17N3O4. The molecule has 0 spiro atoms. The van der Waals surface area contributed by atoms with Gasteiger partial charge < -0.3 is 25.3 Å². The number of aliphatic carboxylic acids is 1. The van der Waals surface area contributed by atoms with Crippen LogP contribution in [0.4, 0.5) is 4.79 Å². The van der Waals surface area contributed by atoms with Gasteiger partial charge in [0.2, 0.25) is 0 Å². The molecule has 1 saturated heterocycles. The van der Waals surface area contributed by atoms with Crippen molar-refractivity contribution in [3.8, 4) is 0 Å². The molecular weight excluding hydrogens is 214 g/mol. The van der Waals surface area contributed by atoms with E-state index in [1.807, 2.05) is 7.05 Å². The second kappa shape index (κ2) is 5.66. The summed E-state index contributed by atoms with van der Waals surface area (Å²) in [5.74, 6) is -1.23. The lowest BCUT2D eigenvalue weighted by Crippen LogP contribution is -2.54. The van der Waals surface area contributed by atoms with E-state index in [0.29, 0.717) is 13.1 Å². The molecule has 0 radical (unpaired) electrons. The molecule has 2 amide bonds. The Morgan fingerprint density at radius 2 is 1.88 bits per heavy atom. The minimum absolute atomic E-state index is 0.436. The summed E-state index contributed by atoms with van der Waals surface area (Å²) in [7, 11) is 1.96. The van der Waals surface area contributed by atoms with Gasteiger partial charge in [-0.2, -0.15) is 0 Å². The van der Waals surface area contributed by atoms with E-state index in [4.69, 9.17) is 10.2 Å². The van der Waals surface area contributed by atoms with Crippen molar-refractivity contribution in [3.05, 3.63) is 0 Å². The molecule has 7 nitrogen and oxygen atoms in total. The number of rotatable bonds is 3. The Labute approximate surface area is 93.6 Å². The predicted molar refractivity (Wildman–Crippen MR) is 56.1 cm³/mol. The van der Waals surface area contributed by atoms with Gasteiger partial charge in [-0.05, 0) is 7.05 Å². The van der Waals surface area contributed by atoms with Crippen LogP contribution in [0.1, 0.15) is 0 Å². The molecule has 1 fully saturated rings. The molecule has 1 aliphatic heterocycles. The van der Waals surface area contributed by atoms with Crippen LogP contribution in [0, 0.1) is 0 Å². The molecule has 0 aromatic heterocycles. The Hall–Kier alpha value is -1.34. The number of nitrogens with zero attached hydrogens (tertiary/aromatic N) is 2. The summed E-state index contributed by atoms with van der Waals surface area (Å²) >= 11 is 0. The van der Waals surface area contributed by atoms with Gasteiger partial charge in [0.05, 0.1) is 6.61 Å². The van der Waals surface area contributed by atoms with Gasteiger partial charge >= 0.3 is 12.0 Å². The lowest BCUT2D eigenvalue weighted by molar-refractivity contribution is -0.140. The number of urea groups is 1. The highest BCUT2D eigenvalue weighted by molar-refractivity contribution is 5.82. The van der Waals surface area contributed by atoms with Gasteiger partial charge in [-0.3, -0.25) is 0 Å². The topological polar surface area (TPSA) is 93.1 Å². The van der Waals surface area contributed by atoms with Crippen molar-refractivity contribution >= 4 is 12.0 Å². The van der Waals surface area contributed by atoms with Crippen LogP contribution in [0.3, 0.4) is 0 Å². The van der Waals surface area contributed by atoms with Crippen molar-refractivity contribution < 1.29 is 19.8 Å². The van der Waals surface area contributed by atoms with Crippen molar-refractivity contribution in [3.63, 3.8) is 0 Å². The summed E-state index contributed by atoms with van der Waals surface area (Å²) in [6.45, 7) is 2.07. The molecule has 0 aromatic carbocycles. The van der Waals surface area contributed by atoms with Crippen molar-refractivity contribution in [1.82, 2.24) is 15.1 Å². The average Bonchev–Trinajstić information content (AvgIpc) is 2.26. The maximum atomic E-state index is 11.6. The highest BCUT2D eigenvalue weighted by atomic mass is 16.4. The first-order chi connectivity index (χ1) is 7.54. The van der Waals surface area contributed by atoms with Gasteiger partial charge in [-0.15, -0.1) is 0 Å². The maximum Gasteiger partial charge on any atom is 0.328 e. The summed E-state index contributed by atoms with van der Waals surface area (Å²) in [5, 5.41) is 19.7. The van der Waals surface area contributed by atoms with E-state index in [-0.39, 0.29) is 0 Å². The highest BCUT2D eigenvalue weighted by Gasteiger charge is 2.24. The number of piperazine rings is 1. The fourth-order valence-electron chi connectivity index (χ4n) is 1.44. The Balaban J connectivity index is 2.42. The standard InChI is InChI=1S/C9H17N3O4/c1-11-2-4-12(5-3-11)9(16)10-7(6-13)8(14)15/h7,13H,2-6H2,1H3,(H,10,16)(H,14,15)/t7-/m1/s1.